The summed E-state index contributed by atoms with van der Waals surface area (Å²) in [6, 6.07) is 4.41. The molecule has 0 spiro atoms. The molecule has 1 aliphatic heterocycles. The van der Waals surface area contributed by atoms with Gasteiger partial charge in [-0.05, 0) is 43.4 Å². The number of nitrogens with one attached hydrogen (secondary N) is 1. The van der Waals surface area contributed by atoms with E-state index in [2.05, 4.69) is 5.32 Å². The molecule has 2 N–H and O–H groups in total. The molecule has 0 saturated carbocycles. The molecule has 1 aromatic carbocycles. The van der Waals surface area contributed by atoms with Gasteiger partial charge in [0.05, 0.1) is 0 Å². The van der Waals surface area contributed by atoms with Gasteiger partial charge >= 0.3 is 5.97 Å². The van der Waals surface area contributed by atoms with Gasteiger partial charge < -0.3 is 15.2 Å². The first-order valence-electron chi connectivity index (χ1n) is 6.71. The molecular formula is C15H19NO4. The molecule has 2 unspecified atom stereocenters. The zero-order valence-electron chi connectivity index (χ0n) is 11.7. The summed E-state index contributed by atoms with van der Waals surface area (Å²) in [7, 11) is 0. The molecule has 0 aliphatic carbocycles. The Morgan fingerprint density at radius 1 is 1.40 bits per heavy atom. The Kier molecular flexibility index (Phi) is 4.39. The lowest BCUT2D eigenvalue weighted by atomic mass is 9.97. The normalized spacial score (nSPS) is 19.6. The molecule has 1 heterocycles. The third-order valence-electron chi connectivity index (χ3n) is 3.71. The third kappa shape index (κ3) is 2.99. The summed E-state index contributed by atoms with van der Waals surface area (Å²) in [6.07, 6.45) is 0.950. The Bertz CT molecular complexity index is 521. The van der Waals surface area contributed by atoms with Gasteiger partial charge in [-0.25, -0.2) is 4.79 Å². The second-order valence-electron chi connectivity index (χ2n) is 5.07. The number of hydrogen-bond donors (Lipinski definition) is 2. The molecule has 2 rings (SSSR count). The van der Waals surface area contributed by atoms with Crippen molar-refractivity contribution in [2.45, 2.75) is 38.8 Å². The highest BCUT2D eigenvalue weighted by Gasteiger charge is 2.29. The number of aliphatic carboxylic acids is 1. The maximum Gasteiger partial charge on any atom is 0.330 e. The van der Waals surface area contributed by atoms with Gasteiger partial charge in [-0.1, -0.05) is 18.2 Å². The molecule has 1 saturated heterocycles. The molecular weight excluding hydrogens is 258 g/mol. The lowest BCUT2D eigenvalue weighted by Crippen LogP contribution is -2.40. The van der Waals surface area contributed by atoms with Crippen molar-refractivity contribution >= 4 is 11.9 Å². The zero-order valence-corrected chi connectivity index (χ0v) is 11.7. The molecule has 1 amide bonds. The second kappa shape index (κ2) is 6.05. The van der Waals surface area contributed by atoms with Crippen LogP contribution in [0, 0.1) is 13.8 Å². The van der Waals surface area contributed by atoms with Crippen LogP contribution in [-0.4, -0.2) is 29.7 Å². The van der Waals surface area contributed by atoms with Crippen LogP contribution in [0.3, 0.4) is 0 Å². The number of benzene rings is 1. The van der Waals surface area contributed by atoms with E-state index in [1.165, 1.54) is 0 Å². The van der Waals surface area contributed by atoms with Crippen molar-refractivity contribution in [1.29, 1.82) is 0 Å². The van der Waals surface area contributed by atoms with Crippen LogP contribution in [0.5, 0.6) is 0 Å². The van der Waals surface area contributed by atoms with Gasteiger partial charge in [0.25, 0.3) is 0 Å². The largest absolute Gasteiger partial charge is 0.479 e. The van der Waals surface area contributed by atoms with Crippen molar-refractivity contribution in [2.75, 3.05) is 6.61 Å². The van der Waals surface area contributed by atoms with Crippen molar-refractivity contribution in [3.63, 3.8) is 0 Å². The average molecular weight is 277 g/mol. The number of hydrogen-bond acceptors (Lipinski definition) is 3. The standard InChI is InChI=1S/C15H19NO4/c1-9-5-3-6-11(10(9)2)13(15(18)19)16-14(17)12-7-4-8-20-12/h3,5-6,12-13H,4,7-8H2,1-2H3,(H,16,17)(H,18,19). The lowest BCUT2D eigenvalue weighted by molar-refractivity contribution is -0.143. The number of carboxylic acid groups (broad SMARTS) is 1. The molecule has 0 aromatic heterocycles. The number of ether oxygens (including phenoxy) is 1. The number of carbonyl (C=O) groups excluding carboxylic acids is 1. The topological polar surface area (TPSA) is 75.6 Å². The highest BCUT2D eigenvalue weighted by atomic mass is 16.5. The first-order valence-corrected chi connectivity index (χ1v) is 6.71. The molecule has 1 aromatic rings. The number of carbonyl (C=O) groups is 2. The van der Waals surface area contributed by atoms with Gasteiger partial charge in [-0.3, -0.25) is 4.79 Å². The maximum absolute atomic E-state index is 12.0. The van der Waals surface area contributed by atoms with Gasteiger partial charge in [0, 0.05) is 6.61 Å². The van der Waals surface area contributed by atoms with Crippen LogP contribution < -0.4 is 5.32 Å². The van der Waals surface area contributed by atoms with E-state index < -0.39 is 18.1 Å². The second-order valence-corrected chi connectivity index (χ2v) is 5.07. The quantitative estimate of drug-likeness (QED) is 0.878. The van der Waals surface area contributed by atoms with E-state index in [1.54, 1.807) is 12.1 Å². The highest BCUT2D eigenvalue weighted by molar-refractivity contribution is 5.87. The Labute approximate surface area is 117 Å². The fourth-order valence-electron chi connectivity index (χ4n) is 2.38. The number of aryl methyl sites for hydroxylation is 1. The van der Waals surface area contributed by atoms with Crippen molar-refractivity contribution in [2.24, 2.45) is 0 Å². The summed E-state index contributed by atoms with van der Waals surface area (Å²) in [6.45, 7) is 4.33. The van der Waals surface area contributed by atoms with Gasteiger partial charge in [-0.15, -0.1) is 0 Å². The summed E-state index contributed by atoms with van der Waals surface area (Å²) < 4.78 is 5.28. The molecule has 20 heavy (non-hydrogen) atoms. The van der Waals surface area contributed by atoms with Crippen molar-refractivity contribution < 1.29 is 19.4 Å². The van der Waals surface area contributed by atoms with Gasteiger partial charge in [0.2, 0.25) is 5.91 Å². The summed E-state index contributed by atoms with van der Waals surface area (Å²) in [5.74, 6) is -1.42. The fourth-order valence-corrected chi connectivity index (χ4v) is 2.38. The molecule has 108 valence electrons. The van der Waals surface area contributed by atoms with E-state index in [0.717, 1.165) is 17.5 Å². The predicted octanol–water partition coefficient (Wildman–Crippen LogP) is 1.72. The van der Waals surface area contributed by atoms with E-state index >= 15 is 0 Å². The minimum absolute atomic E-state index is 0.351. The van der Waals surface area contributed by atoms with Crippen LogP contribution in [0.25, 0.3) is 0 Å². The molecule has 5 heteroatoms. The molecule has 0 bridgehead atoms. The Balaban J connectivity index is 2.21. The summed E-state index contributed by atoms with van der Waals surface area (Å²) >= 11 is 0. The van der Waals surface area contributed by atoms with Crippen LogP contribution in [-0.2, 0) is 14.3 Å². The minimum Gasteiger partial charge on any atom is -0.479 e. The molecule has 2 atom stereocenters. The SMILES string of the molecule is Cc1cccc(C(NC(=O)C2CCCO2)C(=O)O)c1C. The van der Waals surface area contributed by atoms with Crippen LogP contribution >= 0.6 is 0 Å². The monoisotopic (exact) mass is 277 g/mol. The average Bonchev–Trinajstić information content (AvgIpc) is 2.93. The van der Waals surface area contributed by atoms with E-state index in [0.29, 0.717) is 18.6 Å². The van der Waals surface area contributed by atoms with Crippen LogP contribution in [0.15, 0.2) is 18.2 Å². The predicted molar refractivity (Wildman–Crippen MR) is 73.4 cm³/mol. The van der Waals surface area contributed by atoms with E-state index in [1.807, 2.05) is 19.9 Å². The van der Waals surface area contributed by atoms with Crippen molar-refractivity contribution in [3.05, 3.63) is 34.9 Å². The first-order chi connectivity index (χ1) is 9.50. The van der Waals surface area contributed by atoms with E-state index in [9.17, 15) is 14.7 Å². The highest BCUT2D eigenvalue weighted by Crippen LogP contribution is 2.22. The van der Waals surface area contributed by atoms with Gasteiger partial charge in [0.15, 0.2) is 6.04 Å². The third-order valence-corrected chi connectivity index (χ3v) is 3.71. The van der Waals surface area contributed by atoms with Crippen molar-refractivity contribution in [1.82, 2.24) is 5.32 Å². The minimum atomic E-state index is -1.06. The molecule has 1 fully saturated rings. The van der Waals surface area contributed by atoms with E-state index in [-0.39, 0.29) is 5.91 Å². The smallest absolute Gasteiger partial charge is 0.330 e. The van der Waals surface area contributed by atoms with Crippen LogP contribution in [0.2, 0.25) is 0 Å². The van der Waals surface area contributed by atoms with Gasteiger partial charge in [0.1, 0.15) is 6.10 Å². The van der Waals surface area contributed by atoms with Crippen LogP contribution in [0.1, 0.15) is 35.6 Å². The van der Waals surface area contributed by atoms with E-state index in [4.69, 9.17) is 4.74 Å². The first kappa shape index (κ1) is 14.5. The zero-order chi connectivity index (χ0) is 14.7. The summed E-state index contributed by atoms with van der Waals surface area (Å²) in [5, 5.41) is 12.0. The summed E-state index contributed by atoms with van der Waals surface area (Å²) in [5.41, 5.74) is 2.50. The molecule has 5 nitrogen and oxygen atoms in total. The van der Waals surface area contributed by atoms with Crippen LogP contribution in [0.4, 0.5) is 0 Å². The fraction of sp³-hybridized carbons (Fsp3) is 0.467. The molecule has 1 aliphatic rings. The Hall–Kier alpha value is -1.88. The molecule has 0 radical (unpaired) electrons. The maximum atomic E-state index is 12.0. The summed E-state index contributed by atoms with van der Waals surface area (Å²) in [4.78, 5) is 23.5. The number of carboxylic acids is 1. The Morgan fingerprint density at radius 3 is 2.75 bits per heavy atom. The number of amides is 1. The van der Waals surface area contributed by atoms with Gasteiger partial charge in [-0.2, -0.15) is 0 Å². The Morgan fingerprint density at radius 2 is 2.15 bits per heavy atom. The lowest BCUT2D eigenvalue weighted by Gasteiger charge is -2.20. The number of rotatable bonds is 4. The van der Waals surface area contributed by atoms with Crippen molar-refractivity contribution in [3.8, 4) is 0 Å².